The summed E-state index contributed by atoms with van der Waals surface area (Å²) in [5.41, 5.74) is 1.58. The van der Waals surface area contributed by atoms with Crippen LogP contribution in [0.4, 0.5) is 0 Å². The maximum absolute atomic E-state index is 13.4. The SMILES string of the molecule is COC(=O)C1(NC(=O)c2nn(-c3cnccn3)c3c2C[C@@H]2C[C@H]32)CC2CCC1C2. The van der Waals surface area contributed by atoms with Crippen molar-refractivity contribution in [2.45, 2.75) is 50.0 Å². The first-order valence-corrected chi connectivity index (χ1v) is 10.4. The van der Waals surface area contributed by atoms with Gasteiger partial charge < -0.3 is 10.1 Å². The molecule has 3 unspecified atom stereocenters. The van der Waals surface area contributed by atoms with Crippen molar-refractivity contribution in [1.29, 1.82) is 0 Å². The van der Waals surface area contributed by atoms with Crippen LogP contribution in [0.25, 0.3) is 5.82 Å². The lowest BCUT2D eigenvalue weighted by molar-refractivity contribution is -0.150. The summed E-state index contributed by atoms with van der Waals surface area (Å²) in [6, 6.07) is 0. The Labute approximate surface area is 168 Å². The molecule has 1 amide bonds. The minimum absolute atomic E-state index is 0.146. The molecule has 0 aromatic carbocycles. The number of esters is 1. The Morgan fingerprint density at radius 1 is 1.28 bits per heavy atom. The molecule has 6 rings (SSSR count). The quantitative estimate of drug-likeness (QED) is 0.795. The number of hydrogen-bond donors (Lipinski definition) is 1. The normalized spacial score (nSPS) is 33.3. The fraction of sp³-hybridized carbons (Fsp3) is 0.571. The topological polar surface area (TPSA) is 99.0 Å². The van der Waals surface area contributed by atoms with E-state index in [-0.39, 0.29) is 17.8 Å². The third-order valence-corrected chi connectivity index (χ3v) is 7.48. The van der Waals surface area contributed by atoms with Crippen molar-refractivity contribution in [1.82, 2.24) is 25.1 Å². The van der Waals surface area contributed by atoms with E-state index in [0.717, 1.165) is 43.4 Å². The molecule has 1 N–H and O–H groups in total. The van der Waals surface area contributed by atoms with Gasteiger partial charge in [-0.15, -0.1) is 0 Å². The van der Waals surface area contributed by atoms with Crippen LogP contribution >= 0.6 is 0 Å². The maximum atomic E-state index is 13.4. The van der Waals surface area contributed by atoms with Crippen LogP contribution < -0.4 is 5.32 Å². The zero-order valence-electron chi connectivity index (χ0n) is 16.3. The van der Waals surface area contributed by atoms with E-state index in [1.54, 1.807) is 23.3 Å². The van der Waals surface area contributed by atoms with Crippen molar-refractivity contribution in [3.8, 4) is 5.82 Å². The van der Waals surface area contributed by atoms with Gasteiger partial charge in [0.25, 0.3) is 5.91 Å². The standard InChI is InChI=1S/C21H23N5O3/c1-29-20(28)21(9-11-2-3-13(21)6-11)24-19(27)17-15-8-12-7-14(12)18(15)26(25-17)16-10-22-4-5-23-16/h4-5,10-14H,2-3,6-9H2,1H3,(H,24,27)/t11?,12-,13?,14-,21?/m0/s1. The number of aromatic nitrogens is 4. The van der Waals surface area contributed by atoms with Gasteiger partial charge in [-0.1, -0.05) is 0 Å². The van der Waals surface area contributed by atoms with Crippen LogP contribution in [-0.4, -0.2) is 44.3 Å². The van der Waals surface area contributed by atoms with Crippen molar-refractivity contribution < 1.29 is 14.3 Å². The molecule has 0 aliphatic heterocycles. The first-order valence-electron chi connectivity index (χ1n) is 10.4. The van der Waals surface area contributed by atoms with Crippen LogP contribution in [0.2, 0.25) is 0 Å². The summed E-state index contributed by atoms with van der Waals surface area (Å²) in [5.74, 6) is 1.68. The highest BCUT2D eigenvalue weighted by Crippen LogP contribution is 2.57. The molecule has 3 saturated carbocycles. The molecule has 3 fully saturated rings. The molecule has 2 aromatic rings. The van der Waals surface area contributed by atoms with Crippen molar-refractivity contribution in [3.63, 3.8) is 0 Å². The number of rotatable bonds is 4. The summed E-state index contributed by atoms with van der Waals surface area (Å²) in [7, 11) is 1.40. The minimum Gasteiger partial charge on any atom is -0.467 e. The molecule has 4 aliphatic rings. The van der Waals surface area contributed by atoms with E-state index >= 15 is 0 Å². The highest BCUT2D eigenvalue weighted by Gasteiger charge is 2.58. The lowest BCUT2D eigenvalue weighted by atomic mass is 9.80. The lowest BCUT2D eigenvalue weighted by Crippen LogP contribution is -2.58. The van der Waals surface area contributed by atoms with Gasteiger partial charge in [-0.05, 0) is 56.3 Å². The van der Waals surface area contributed by atoms with Crippen LogP contribution in [-0.2, 0) is 16.0 Å². The highest BCUT2D eigenvalue weighted by molar-refractivity contribution is 5.98. The van der Waals surface area contributed by atoms with Gasteiger partial charge in [-0.2, -0.15) is 5.10 Å². The van der Waals surface area contributed by atoms with Gasteiger partial charge in [0.15, 0.2) is 11.5 Å². The number of carbonyl (C=O) groups is 2. The summed E-state index contributed by atoms with van der Waals surface area (Å²) in [6.45, 7) is 0. The largest absolute Gasteiger partial charge is 0.467 e. The smallest absolute Gasteiger partial charge is 0.331 e. The number of nitrogens with zero attached hydrogens (tertiary/aromatic N) is 4. The van der Waals surface area contributed by atoms with Crippen LogP contribution in [0.3, 0.4) is 0 Å². The first kappa shape index (κ1) is 17.1. The van der Waals surface area contributed by atoms with Crippen molar-refractivity contribution >= 4 is 11.9 Å². The summed E-state index contributed by atoms with van der Waals surface area (Å²) in [4.78, 5) is 34.7. The molecule has 8 nitrogen and oxygen atoms in total. The molecule has 8 heteroatoms. The second-order valence-electron chi connectivity index (χ2n) is 8.99. The Bertz CT molecular complexity index is 1020. The van der Waals surface area contributed by atoms with Crippen molar-refractivity contribution in [2.75, 3.05) is 7.11 Å². The zero-order chi connectivity index (χ0) is 19.8. The molecule has 5 atom stereocenters. The highest BCUT2D eigenvalue weighted by atomic mass is 16.5. The molecule has 2 aromatic heterocycles. The monoisotopic (exact) mass is 393 g/mol. The third-order valence-electron chi connectivity index (χ3n) is 7.48. The van der Waals surface area contributed by atoms with Gasteiger partial charge in [-0.3, -0.25) is 9.78 Å². The second-order valence-corrected chi connectivity index (χ2v) is 8.99. The molecular weight excluding hydrogens is 370 g/mol. The van der Waals surface area contributed by atoms with Gasteiger partial charge >= 0.3 is 5.97 Å². The Kier molecular flexibility index (Phi) is 3.47. The Morgan fingerprint density at radius 3 is 2.86 bits per heavy atom. The van der Waals surface area contributed by atoms with E-state index in [2.05, 4.69) is 20.4 Å². The maximum Gasteiger partial charge on any atom is 0.331 e. The predicted molar refractivity (Wildman–Crippen MR) is 101 cm³/mol. The lowest BCUT2D eigenvalue weighted by Gasteiger charge is -2.35. The molecule has 150 valence electrons. The Hall–Kier alpha value is -2.77. The van der Waals surface area contributed by atoms with Crippen molar-refractivity contribution in [3.05, 3.63) is 35.5 Å². The Morgan fingerprint density at radius 2 is 2.17 bits per heavy atom. The number of carbonyl (C=O) groups excluding carboxylic acids is 2. The van der Waals surface area contributed by atoms with E-state index in [0.29, 0.717) is 35.7 Å². The molecule has 0 radical (unpaired) electrons. The number of ether oxygens (including phenoxy) is 1. The van der Waals surface area contributed by atoms with Gasteiger partial charge in [-0.25, -0.2) is 14.5 Å². The van der Waals surface area contributed by atoms with Crippen LogP contribution in [0.1, 0.15) is 59.8 Å². The predicted octanol–water partition coefficient (Wildman–Crippen LogP) is 1.78. The first-order chi connectivity index (χ1) is 14.1. The second kappa shape index (κ2) is 5.87. The van der Waals surface area contributed by atoms with Gasteiger partial charge in [0.05, 0.1) is 19.0 Å². The molecule has 2 heterocycles. The molecule has 4 aliphatic carbocycles. The van der Waals surface area contributed by atoms with E-state index in [4.69, 9.17) is 4.74 Å². The average molecular weight is 393 g/mol. The fourth-order valence-electron chi connectivity index (χ4n) is 6.10. The number of amides is 1. The molecular formula is C21H23N5O3. The molecule has 0 saturated heterocycles. The van der Waals surface area contributed by atoms with E-state index < -0.39 is 5.54 Å². The van der Waals surface area contributed by atoms with E-state index in [1.165, 1.54) is 7.11 Å². The fourth-order valence-corrected chi connectivity index (χ4v) is 6.10. The molecule has 0 spiro atoms. The minimum atomic E-state index is -0.917. The van der Waals surface area contributed by atoms with Gasteiger partial charge in [0.1, 0.15) is 5.54 Å². The van der Waals surface area contributed by atoms with Crippen LogP contribution in [0.15, 0.2) is 18.6 Å². The summed E-state index contributed by atoms with van der Waals surface area (Å²) >= 11 is 0. The van der Waals surface area contributed by atoms with Gasteiger partial charge in [0.2, 0.25) is 0 Å². The number of fused-ring (bicyclic) bond motifs is 5. The zero-order valence-corrected chi connectivity index (χ0v) is 16.3. The number of methoxy groups -OCH3 is 1. The number of hydrogen-bond acceptors (Lipinski definition) is 6. The third kappa shape index (κ3) is 2.34. The van der Waals surface area contributed by atoms with E-state index in [1.807, 2.05) is 0 Å². The summed E-state index contributed by atoms with van der Waals surface area (Å²) < 4.78 is 6.90. The van der Waals surface area contributed by atoms with E-state index in [9.17, 15) is 9.59 Å². The molecule has 29 heavy (non-hydrogen) atoms. The van der Waals surface area contributed by atoms with Crippen molar-refractivity contribution in [2.24, 2.45) is 17.8 Å². The molecule has 2 bridgehead atoms. The summed E-state index contributed by atoms with van der Waals surface area (Å²) in [6.07, 6.45) is 10.6. The van der Waals surface area contributed by atoms with Crippen LogP contribution in [0.5, 0.6) is 0 Å². The Balaban J connectivity index is 1.38. The van der Waals surface area contributed by atoms with Gasteiger partial charge in [0, 0.05) is 23.9 Å². The summed E-state index contributed by atoms with van der Waals surface area (Å²) in [5, 5.41) is 7.74. The number of nitrogens with one attached hydrogen (secondary N) is 1. The van der Waals surface area contributed by atoms with Crippen LogP contribution in [0, 0.1) is 17.8 Å². The average Bonchev–Trinajstić information content (AvgIpc) is 3.14.